The summed E-state index contributed by atoms with van der Waals surface area (Å²) in [5, 5.41) is 0.475. The lowest BCUT2D eigenvalue weighted by atomic mass is 10.1. The third kappa shape index (κ3) is 3.65. The molecule has 3 rings (SSSR count). The SMILES string of the molecule is COc1ccc(Br)cc1C=C1N=C(c2cc(I)ccc2Cl)OC1=O. The van der Waals surface area contributed by atoms with Crippen molar-refractivity contribution in [3.63, 3.8) is 0 Å². The number of methoxy groups -OCH3 is 1. The number of cyclic esters (lactones) is 1. The van der Waals surface area contributed by atoms with Gasteiger partial charge in [0, 0.05) is 13.6 Å². The number of hydrogen-bond acceptors (Lipinski definition) is 4. The monoisotopic (exact) mass is 517 g/mol. The molecule has 0 bridgehead atoms. The molecule has 2 aromatic carbocycles. The molecule has 0 atom stereocenters. The molecule has 0 saturated carbocycles. The molecule has 0 fully saturated rings. The number of carbonyl (C=O) groups is 1. The quantitative estimate of drug-likeness (QED) is 0.324. The van der Waals surface area contributed by atoms with Crippen LogP contribution in [0.3, 0.4) is 0 Å². The molecule has 0 radical (unpaired) electrons. The Morgan fingerprint density at radius 3 is 2.83 bits per heavy atom. The molecule has 122 valence electrons. The summed E-state index contributed by atoms with van der Waals surface area (Å²) in [6, 6.07) is 10.9. The topological polar surface area (TPSA) is 47.9 Å². The van der Waals surface area contributed by atoms with Gasteiger partial charge in [0.05, 0.1) is 17.7 Å². The number of aliphatic imine (C=N–C) groups is 1. The van der Waals surface area contributed by atoms with Crippen LogP contribution in [0.4, 0.5) is 0 Å². The number of benzene rings is 2. The first-order chi connectivity index (χ1) is 11.5. The Bertz CT molecular complexity index is 895. The second-order valence-corrected chi connectivity index (χ2v) is 7.42. The molecule has 2 aromatic rings. The summed E-state index contributed by atoms with van der Waals surface area (Å²) in [7, 11) is 1.57. The fraction of sp³-hybridized carbons (Fsp3) is 0.0588. The zero-order valence-corrected chi connectivity index (χ0v) is 16.8. The highest BCUT2D eigenvalue weighted by Crippen LogP contribution is 2.29. The largest absolute Gasteiger partial charge is 0.496 e. The second-order valence-electron chi connectivity index (χ2n) is 4.85. The van der Waals surface area contributed by atoms with E-state index in [1.165, 1.54) is 0 Å². The molecular weight excluding hydrogens is 508 g/mol. The zero-order chi connectivity index (χ0) is 17.3. The van der Waals surface area contributed by atoms with Crippen LogP contribution in [0.15, 0.2) is 51.6 Å². The minimum atomic E-state index is -0.526. The van der Waals surface area contributed by atoms with Crippen LogP contribution in [-0.2, 0) is 9.53 Å². The summed E-state index contributed by atoms with van der Waals surface area (Å²) in [5.74, 6) is 0.306. The fourth-order valence-corrected chi connectivity index (χ4v) is 3.22. The van der Waals surface area contributed by atoms with E-state index in [1.54, 1.807) is 25.3 Å². The Morgan fingerprint density at radius 2 is 2.08 bits per heavy atom. The number of ether oxygens (including phenoxy) is 2. The van der Waals surface area contributed by atoms with E-state index in [0.29, 0.717) is 16.3 Å². The average Bonchev–Trinajstić information content (AvgIpc) is 2.91. The van der Waals surface area contributed by atoms with Gasteiger partial charge in [0.25, 0.3) is 0 Å². The molecule has 1 heterocycles. The lowest BCUT2D eigenvalue weighted by molar-refractivity contribution is -0.129. The van der Waals surface area contributed by atoms with Crippen LogP contribution in [0.1, 0.15) is 11.1 Å². The van der Waals surface area contributed by atoms with E-state index in [2.05, 4.69) is 43.5 Å². The summed E-state index contributed by atoms with van der Waals surface area (Å²) < 4.78 is 12.4. The molecule has 0 amide bonds. The van der Waals surface area contributed by atoms with Crippen molar-refractivity contribution in [2.24, 2.45) is 4.99 Å². The maximum Gasteiger partial charge on any atom is 0.363 e. The van der Waals surface area contributed by atoms with Crippen LogP contribution in [0.2, 0.25) is 5.02 Å². The highest BCUT2D eigenvalue weighted by molar-refractivity contribution is 14.1. The first-order valence-electron chi connectivity index (χ1n) is 6.79. The number of esters is 1. The molecule has 24 heavy (non-hydrogen) atoms. The lowest BCUT2D eigenvalue weighted by Gasteiger charge is -2.04. The molecule has 0 N–H and O–H groups in total. The third-order valence-electron chi connectivity index (χ3n) is 3.26. The van der Waals surface area contributed by atoms with Crippen LogP contribution in [0.5, 0.6) is 5.75 Å². The maximum absolute atomic E-state index is 12.1. The van der Waals surface area contributed by atoms with E-state index in [9.17, 15) is 4.79 Å². The number of carbonyl (C=O) groups excluding carboxylic acids is 1. The smallest absolute Gasteiger partial charge is 0.363 e. The van der Waals surface area contributed by atoms with Gasteiger partial charge in [0.2, 0.25) is 5.90 Å². The van der Waals surface area contributed by atoms with Gasteiger partial charge in [0.1, 0.15) is 5.75 Å². The van der Waals surface area contributed by atoms with Crippen molar-refractivity contribution in [1.29, 1.82) is 0 Å². The van der Waals surface area contributed by atoms with E-state index in [1.807, 2.05) is 24.3 Å². The predicted octanol–water partition coefficient (Wildman–Crippen LogP) is 5.06. The van der Waals surface area contributed by atoms with Crippen LogP contribution in [0.25, 0.3) is 6.08 Å². The second kappa shape index (κ2) is 7.25. The molecule has 0 unspecified atom stereocenters. The van der Waals surface area contributed by atoms with Crippen molar-refractivity contribution in [3.8, 4) is 5.75 Å². The Kier molecular flexibility index (Phi) is 5.27. The van der Waals surface area contributed by atoms with Gasteiger partial charge in [-0.2, -0.15) is 0 Å². The van der Waals surface area contributed by atoms with Crippen LogP contribution in [-0.4, -0.2) is 19.0 Å². The Labute approximate surface area is 165 Å². The Morgan fingerprint density at radius 1 is 1.29 bits per heavy atom. The maximum atomic E-state index is 12.1. The summed E-state index contributed by atoms with van der Waals surface area (Å²) >= 11 is 11.7. The van der Waals surface area contributed by atoms with Gasteiger partial charge in [-0.1, -0.05) is 27.5 Å². The summed E-state index contributed by atoms with van der Waals surface area (Å²) in [6.45, 7) is 0. The molecule has 7 heteroatoms. The highest BCUT2D eigenvalue weighted by Gasteiger charge is 2.26. The molecule has 1 aliphatic rings. The van der Waals surface area contributed by atoms with Crippen LogP contribution < -0.4 is 4.74 Å². The normalized spacial score (nSPS) is 15.4. The van der Waals surface area contributed by atoms with Gasteiger partial charge in [-0.05, 0) is 65.1 Å². The molecule has 4 nitrogen and oxygen atoms in total. The van der Waals surface area contributed by atoms with E-state index in [4.69, 9.17) is 21.1 Å². The minimum Gasteiger partial charge on any atom is -0.496 e. The van der Waals surface area contributed by atoms with E-state index in [-0.39, 0.29) is 11.6 Å². The van der Waals surface area contributed by atoms with Crippen molar-refractivity contribution >= 4 is 68.1 Å². The third-order valence-corrected chi connectivity index (χ3v) is 4.76. The molecule has 0 aromatic heterocycles. The molecule has 0 saturated heterocycles. The van der Waals surface area contributed by atoms with Crippen molar-refractivity contribution < 1.29 is 14.3 Å². The first kappa shape index (κ1) is 17.4. The van der Waals surface area contributed by atoms with Gasteiger partial charge in [-0.25, -0.2) is 9.79 Å². The standard InChI is InChI=1S/C17H10BrClINO3/c1-23-15-5-2-10(18)6-9(15)7-14-17(22)24-16(21-14)12-8-11(20)3-4-13(12)19/h2-8H,1H3. The van der Waals surface area contributed by atoms with E-state index < -0.39 is 5.97 Å². The average molecular weight is 519 g/mol. The minimum absolute atomic E-state index is 0.191. The predicted molar refractivity (Wildman–Crippen MR) is 105 cm³/mol. The van der Waals surface area contributed by atoms with Crippen LogP contribution in [0, 0.1) is 3.57 Å². The summed E-state index contributed by atoms with van der Waals surface area (Å²) in [5.41, 5.74) is 1.50. The van der Waals surface area contributed by atoms with Crippen molar-refractivity contribution in [3.05, 3.63) is 66.3 Å². The van der Waals surface area contributed by atoms with E-state index >= 15 is 0 Å². The number of nitrogens with zero attached hydrogens (tertiary/aromatic N) is 1. The Hall–Kier alpha value is -1.38. The summed E-state index contributed by atoms with van der Waals surface area (Å²) in [6.07, 6.45) is 1.63. The first-order valence-corrected chi connectivity index (χ1v) is 9.04. The van der Waals surface area contributed by atoms with Gasteiger partial charge in [0.15, 0.2) is 5.70 Å². The zero-order valence-electron chi connectivity index (χ0n) is 12.3. The van der Waals surface area contributed by atoms with Crippen LogP contribution >= 0.6 is 50.1 Å². The van der Waals surface area contributed by atoms with Crippen molar-refractivity contribution in [2.45, 2.75) is 0 Å². The molecule has 0 aliphatic carbocycles. The fourth-order valence-electron chi connectivity index (χ4n) is 2.15. The highest BCUT2D eigenvalue weighted by atomic mass is 127. The summed E-state index contributed by atoms with van der Waals surface area (Å²) in [4.78, 5) is 16.4. The van der Waals surface area contributed by atoms with Crippen molar-refractivity contribution in [1.82, 2.24) is 0 Å². The molecule has 1 aliphatic heterocycles. The molecular formula is C17H10BrClINO3. The van der Waals surface area contributed by atoms with E-state index in [0.717, 1.165) is 13.6 Å². The number of rotatable bonds is 3. The van der Waals surface area contributed by atoms with Gasteiger partial charge in [-0.3, -0.25) is 0 Å². The molecule has 0 spiro atoms. The van der Waals surface area contributed by atoms with Gasteiger partial charge < -0.3 is 9.47 Å². The number of hydrogen-bond donors (Lipinski definition) is 0. The number of halogens is 3. The van der Waals surface area contributed by atoms with Crippen molar-refractivity contribution in [2.75, 3.05) is 7.11 Å². The van der Waals surface area contributed by atoms with Gasteiger partial charge in [-0.15, -0.1) is 0 Å². The van der Waals surface area contributed by atoms with Gasteiger partial charge >= 0.3 is 5.97 Å². The Balaban J connectivity index is 2.03. The lowest BCUT2D eigenvalue weighted by Crippen LogP contribution is -2.06.